The van der Waals surface area contributed by atoms with Gasteiger partial charge in [-0.15, -0.1) is 0 Å². The highest BCUT2D eigenvalue weighted by Gasteiger charge is 2.15. The highest BCUT2D eigenvalue weighted by Crippen LogP contribution is 2.34. The molecule has 0 saturated heterocycles. The second-order valence-corrected chi connectivity index (χ2v) is 5.29. The van der Waals surface area contributed by atoms with Gasteiger partial charge in [0.25, 0.3) is 5.69 Å². The molecule has 2 aromatic carbocycles. The van der Waals surface area contributed by atoms with Crippen LogP contribution in [0.3, 0.4) is 0 Å². The average Bonchev–Trinajstić information content (AvgIpc) is 2.52. The van der Waals surface area contributed by atoms with Gasteiger partial charge in [0.15, 0.2) is 5.75 Å². The molecule has 0 unspecified atom stereocenters. The first-order valence-corrected chi connectivity index (χ1v) is 7.11. The van der Waals surface area contributed by atoms with Crippen LogP contribution in [0, 0.1) is 10.1 Å². The van der Waals surface area contributed by atoms with Crippen molar-refractivity contribution in [2.24, 2.45) is 0 Å². The van der Waals surface area contributed by atoms with Gasteiger partial charge in [-0.2, -0.15) is 0 Å². The van der Waals surface area contributed by atoms with E-state index in [-0.39, 0.29) is 33.7 Å². The minimum Gasteiger partial charge on any atom is -0.494 e. The fourth-order valence-corrected chi connectivity index (χ4v) is 2.46. The van der Waals surface area contributed by atoms with Gasteiger partial charge >= 0.3 is 5.97 Å². The van der Waals surface area contributed by atoms with Crippen molar-refractivity contribution < 1.29 is 19.2 Å². The summed E-state index contributed by atoms with van der Waals surface area (Å²) >= 11 is 11.9. The van der Waals surface area contributed by atoms with Crippen LogP contribution in [0.2, 0.25) is 10.0 Å². The SMILES string of the molecule is COc1c(Cl)cc(C(=O)OCc2ccc([N+](=O)[O-])cc2)cc1Cl. The number of nitrogens with zero attached hydrogens (tertiary/aromatic N) is 1. The Bertz CT molecular complexity index is 723. The van der Waals surface area contributed by atoms with Crippen molar-refractivity contribution in [2.75, 3.05) is 7.11 Å². The molecule has 8 heteroatoms. The van der Waals surface area contributed by atoms with Crippen molar-refractivity contribution in [3.05, 3.63) is 67.7 Å². The van der Waals surface area contributed by atoms with E-state index in [1.807, 2.05) is 0 Å². The quantitative estimate of drug-likeness (QED) is 0.454. The van der Waals surface area contributed by atoms with Gasteiger partial charge in [-0.05, 0) is 29.8 Å². The minimum absolute atomic E-state index is 0.0297. The van der Waals surface area contributed by atoms with E-state index in [4.69, 9.17) is 32.7 Å². The molecular formula is C15H11Cl2NO5. The molecule has 0 heterocycles. The van der Waals surface area contributed by atoms with Crippen LogP contribution in [-0.2, 0) is 11.3 Å². The average molecular weight is 356 g/mol. The molecule has 0 atom stereocenters. The van der Waals surface area contributed by atoms with Gasteiger partial charge in [0.1, 0.15) is 6.61 Å². The van der Waals surface area contributed by atoms with E-state index >= 15 is 0 Å². The fraction of sp³-hybridized carbons (Fsp3) is 0.133. The second-order valence-electron chi connectivity index (χ2n) is 4.47. The van der Waals surface area contributed by atoms with E-state index in [0.717, 1.165) is 0 Å². The smallest absolute Gasteiger partial charge is 0.338 e. The maximum atomic E-state index is 12.0. The number of methoxy groups -OCH3 is 1. The summed E-state index contributed by atoms with van der Waals surface area (Å²) in [7, 11) is 1.42. The van der Waals surface area contributed by atoms with E-state index in [1.165, 1.54) is 43.5 Å². The molecule has 0 fully saturated rings. The molecular weight excluding hydrogens is 345 g/mol. The Balaban J connectivity index is 2.06. The van der Waals surface area contributed by atoms with Crippen molar-refractivity contribution in [3.8, 4) is 5.75 Å². The Morgan fingerprint density at radius 2 is 1.74 bits per heavy atom. The van der Waals surface area contributed by atoms with E-state index in [9.17, 15) is 14.9 Å². The zero-order chi connectivity index (χ0) is 17.0. The number of esters is 1. The third-order valence-corrected chi connectivity index (χ3v) is 3.52. The molecule has 2 rings (SSSR count). The summed E-state index contributed by atoms with van der Waals surface area (Å²) in [5.41, 5.74) is 0.770. The van der Waals surface area contributed by atoms with Gasteiger partial charge in [0.05, 0.1) is 27.6 Å². The van der Waals surface area contributed by atoms with Crippen LogP contribution < -0.4 is 4.74 Å². The summed E-state index contributed by atoms with van der Waals surface area (Å²) in [5, 5.41) is 11.0. The van der Waals surface area contributed by atoms with Crippen LogP contribution in [0.4, 0.5) is 5.69 Å². The third kappa shape index (κ3) is 4.12. The van der Waals surface area contributed by atoms with Crippen LogP contribution in [0.15, 0.2) is 36.4 Å². The summed E-state index contributed by atoms with van der Waals surface area (Å²) in [6.07, 6.45) is 0. The van der Waals surface area contributed by atoms with Crippen molar-refractivity contribution in [2.45, 2.75) is 6.61 Å². The summed E-state index contributed by atoms with van der Waals surface area (Å²) in [6, 6.07) is 8.49. The molecule has 23 heavy (non-hydrogen) atoms. The predicted octanol–water partition coefficient (Wildman–Crippen LogP) is 4.27. The monoisotopic (exact) mass is 355 g/mol. The molecule has 2 aromatic rings. The lowest BCUT2D eigenvalue weighted by molar-refractivity contribution is -0.384. The lowest BCUT2D eigenvalue weighted by Gasteiger charge is -2.09. The first-order valence-electron chi connectivity index (χ1n) is 6.36. The van der Waals surface area contributed by atoms with E-state index in [2.05, 4.69) is 0 Å². The second kappa shape index (κ2) is 7.30. The van der Waals surface area contributed by atoms with E-state index < -0.39 is 10.9 Å². The van der Waals surface area contributed by atoms with Gasteiger partial charge in [-0.25, -0.2) is 4.79 Å². The molecule has 0 aliphatic rings. The van der Waals surface area contributed by atoms with Gasteiger partial charge < -0.3 is 9.47 Å². The molecule has 0 N–H and O–H groups in total. The van der Waals surface area contributed by atoms with Crippen LogP contribution >= 0.6 is 23.2 Å². The zero-order valence-electron chi connectivity index (χ0n) is 11.9. The van der Waals surface area contributed by atoms with Crippen molar-refractivity contribution in [1.82, 2.24) is 0 Å². The van der Waals surface area contributed by atoms with E-state index in [0.29, 0.717) is 5.56 Å². The highest BCUT2D eigenvalue weighted by molar-refractivity contribution is 6.37. The molecule has 0 aliphatic heterocycles. The Labute approximate surface area is 141 Å². The van der Waals surface area contributed by atoms with Crippen LogP contribution in [-0.4, -0.2) is 18.0 Å². The molecule has 0 saturated carbocycles. The Morgan fingerprint density at radius 3 is 2.22 bits per heavy atom. The minimum atomic E-state index is -0.616. The zero-order valence-corrected chi connectivity index (χ0v) is 13.4. The standard InChI is InChI=1S/C15H11Cl2NO5/c1-22-14-12(16)6-10(7-13(14)17)15(19)23-8-9-2-4-11(5-3-9)18(20)21/h2-7H,8H2,1H3. The Kier molecular flexibility index (Phi) is 5.41. The maximum Gasteiger partial charge on any atom is 0.338 e. The number of benzene rings is 2. The maximum absolute atomic E-state index is 12.0. The number of ether oxygens (including phenoxy) is 2. The van der Waals surface area contributed by atoms with Crippen LogP contribution in [0.1, 0.15) is 15.9 Å². The first kappa shape index (κ1) is 17.1. The number of nitro groups is 1. The number of nitro benzene ring substituents is 1. The molecule has 0 spiro atoms. The number of rotatable bonds is 5. The number of carbonyl (C=O) groups is 1. The lowest BCUT2D eigenvalue weighted by atomic mass is 10.2. The lowest BCUT2D eigenvalue weighted by Crippen LogP contribution is -2.06. The summed E-state index contributed by atoms with van der Waals surface area (Å²) in [6.45, 7) is -0.0297. The van der Waals surface area contributed by atoms with Gasteiger partial charge in [-0.1, -0.05) is 23.2 Å². The summed E-state index contributed by atoms with van der Waals surface area (Å²) in [4.78, 5) is 22.1. The molecule has 0 radical (unpaired) electrons. The summed E-state index contributed by atoms with van der Waals surface area (Å²) < 4.78 is 10.1. The van der Waals surface area contributed by atoms with Gasteiger partial charge in [-0.3, -0.25) is 10.1 Å². The van der Waals surface area contributed by atoms with Crippen LogP contribution in [0.25, 0.3) is 0 Å². The topological polar surface area (TPSA) is 78.7 Å². The van der Waals surface area contributed by atoms with E-state index in [1.54, 1.807) is 0 Å². The third-order valence-electron chi connectivity index (χ3n) is 2.96. The number of hydrogen-bond donors (Lipinski definition) is 0. The Morgan fingerprint density at radius 1 is 1.17 bits per heavy atom. The van der Waals surface area contributed by atoms with Crippen molar-refractivity contribution in [1.29, 1.82) is 0 Å². The summed E-state index contributed by atoms with van der Waals surface area (Å²) in [5.74, 6) is -0.338. The first-order chi connectivity index (χ1) is 10.9. The van der Waals surface area contributed by atoms with Crippen molar-refractivity contribution in [3.63, 3.8) is 0 Å². The van der Waals surface area contributed by atoms with Crippen molar-refractivity contribution >= 4 is 34.9 Å². The molecule has 0 amide bonds. The number of non-ortho nitro benzene ring substituents is 1. The largest absolute Gasteiger partial charge is 0.494 e. The van der Waals surface area contributed by atoms with Gasteiger partial charge in [0, 0.05) is 12.1 Å². The highest BCUT2D eigenvalue weighted by atomic mass is 35.5. The normalized spacial score (nSPS) is 10.2. The number of carbonyl (C=O) groups excluding carboxylic acids is 1. The predicted molar refractivity (Wildman–Crippen MR) is 85.2 cm³/mol. The van der Waals surface area contributed by atoms with Gasteiger partial charge in [0.2, 0.25) is 0 Å². The molecule has 6 nitrogen and oxygen atoms in total. The molecule has 0 aromatic heterocycles. The number of halogens is 2. The molecule has 0 bridgehead atoms. The molecule has 120 valence electrons. The van der Waals surface area contributed by atoms with Crippen LogP contribution in [0.5, 0.6) is 5.75 Å². The fourth-order valence-electron chi connectivity index (χ4n) is 1.82. The molecule has 0 aliphatic carbocycles. The number of hydrogen-bond acceptors (Lipinski definition) is 5. The Hall–Kier alpha value is -2.31.